The van der Waals surface area contributed by atoms with Crippen molar-refractivity contribution in [2.24, 2.45) is 0 Å². The molecule has 0 aliphatic rings. The first-order valence-corrected chi connectivity index (χ1v) is 7.84. The summed E-state index contributed by atoms with van der Waals surface area (Å²) in [6, 6.07) is 4.19. The van der Waals surface area contributed by atoms with E-state index in [2.05, 4.69) is 53.6 Å². The second kappa shape index (κ2) is 7.24. The fourth-order valence-corrected chi connectivity index (χ4v) is 2.72. The van der Waals surface area contributed by atoms with Crippen LogP contribution < -0.4 is 10.1 Å². The second-order valence-corrected chi connectivity index (χ2v) is 5.84. The van der Waals surface area contributed by atoms with Crippen molar-refractivity contribution in [3.05, 3.63) is 34.3 Å². The van der Waals surface area contributed by atoms with Crippen LogP contribution in [0, 0.1) is 0 Å². The normalized spacial score (nSPS) is 10.8. The van der Waals surface area contributed by atoms with Gasteiger partial charge in [-0.25, -0.2) is 9.97 Å². The molecule has 1 N–H and O–H groups in total. The zero-order chi connectivity index (χ0) is 14.4. The molecule has 0 saturated heterocycles. The Balaban J connectivity index is 2.07. The monoisotopic (exact) mass is 291 g/mol. The lowest BCUT2D eigenvalue weighted by molar-refractivity contribution is 0.305. The van der Waals surface area contributed by atoms with Gasteiger partial charge in [-0.3, -0.25) is 0 Å². The Hall–Kier alpha value is -1.62. The lowest BCUT2D eigenvalue weighted by Gasteiger charge is -2.16. The number of aromatic nitrogens is 2. The van der Waals surface area contributed by atoms with E-state index in [1.807, 2.05) is 0 Å². The van der Waals surface area contributed by atoms with Crippen LogP contribution in [0.15, 0.2) is 23.8 Å². The first-order valence-electron chi connectivity index (χ1n) is 6.96. The van der Waals surface area contributed by atoms with Gasteiger partial charge in [0.2, 0.25) is 5.88 Å². The van der Waals surface area contributed by atoms with Gasteiger partial charge in [0.25, 0.3) is 0 Å². The van der Waals surface area contributed by atoms with Crippen molar-refractivity contribution in [3.63, 3.8) is 0 Å². The lowest BCUT2D eigenvalue weighted by Crippen LogP contribution is -2.10. The number of thiophene rings is 1. The standard InChI is InChI=1S/C15H21N3OS/c1-4-16-14-13(11(2)3)15(18-10-17-14)19-8-7-12-6-5-9-20-12/h5-6,9-11H,4,7-8H2,1-3H3,(H,16,17,18). The van der Waals surface area contributed by atoms with Crippen LogP contribution >= 0.6 is 11.3 Å². The van der Waals surface area contributed by atoms with Crippen molar-refractivity contribution in [1.29, 1.82) is 0 Å². The molecule has 0 aliphatic heterocycles. The molecular weight excluding hydrogens is 270 g/mol. The summed E-state index contributed by atoms with van der Waals surface area (Å²) in [7, 11) is 0. The minimum atomic E-state index is 0.321. The number of nitrogens with zero attached hydrogens (tertiary/aromatic N) is 2. The highest BCUT2D eigenvalue weighted by Crippen LogP contribution is 2.29. The minimum Gasteiger partial charge on any atom is -0.477 e. The Morgan fingerprint density at radius 3 is 2.85 bits per heavy atom. The molecule has 0 radical (unpaired) electrons. The van der Waals surface area contributed by atoms with Crippen LogP contribution in [-0.2, 0) is 6.42 Å². The van der Waals surface area contributed by atoms with Gasteiger partial charge in [0, 0.05) is 17.8 Å². The molecule has 2 heterocycles. The average Bonchev–Trinajstić information content (AvgIpc) is 2.92. The summed E-state index contributed by atoms with van der Waals surface area (Å²) in [6.45, 7) is 7.80. The summed E-state index contributed by atoms with van der Waals surface area (Å²) in [5.41, 5.74) is 1.06. The quantitative estimate of drug-likeness (QED) is 0.844. The third-order valence-electron chi connectivity index (χ3n) is 2.94. The molecule has 4 nitrogen and oxygen atoms in total. The molecule has 108 valence electrons. The molecule has 2 aromatic heterocycles. The Morgan fingerprint density at radius 2 is 2.20 bits per heavy atom. The van der Waals surface area contributed by atoms with Gasteiger partial charge in [-0.05, 0) is 24.3 Å². The van der Waals surface area contributed by atoms with Gasteiger partial charge >= 0.3 is 0 Å². The Morgan fingerprint density at radius 1 is 1.35 bits per heavy atom. The number of rotatable bonds is 7. The molecule has 0 amide bonds. The van der Waals surface area contributed by atoms with Crippen LogP contribution in [0.5, 0.6) is 5.88 Å². The van der Waals surface area contributed by atoms with E-state index < -0.39 is 0 Å². The highest BCUT2D eigenvalue weighted by Gasteiger charge is 2.15. The Bertz CT molecular complexity index is 526. The zero-order valence-electron chi connectivity index (χ0n) is 12.2. The van der Waals surface area contributed by atoms with E-state index in [4.69, 9.17) is 4.74 Å². The van der Waals surface area contributed by atoms with Crippen LogP contribution in [0.1, 0.15) is 37.1 Å². The number of ether oxygens (including phenoxy) is 1. The Kier molecular flexibility index (Phi) is 5.35. The van der Waals surface area contributed by atoms with Crippen LogP contribution in [0.2, 0.25) is 0 Å². The van der Waals surface area contributed by atoms with Gasteiger partial charge in [-0.15, -0.1) is 11.3 Å². The van der Waals surface area contributed by atoms with Crippen molar-refractivity contribution < 1.29 is 4.74 Å². The van der Waals surface area contributed by atoms with Crippen molar-refractivity contribution in [3.8, 4) is 5.88 Å². The van der Waals surface area contributed by atoms with Crippen LogP contribution in [0.25, 0.3) is 0 Å². The molecule has 0 bridgehead atoms. The smallest absolute Gasteiger partial charge is 0.222 e. The maximum atomic E-state index is 5.87. The van der Waals surface area contributed by atoms with Gasteiger partial charge < -0.3 is 10.1 Å². The van der Waals surface area contributed by atoms with Gasteiger partial charge in [0.1, 0.15) is 12.1 Å². The third kappa shape index (κ3) is 3.70. The summed E-state index contributed by atoms with van der Waals surface area (Å²) in [6.07, 6.45) is 2.47. The van der Waals surface area contributed by atoms with E-state index >= 15 is 0 Å². The van der Waals surface area contributed by atoms with Gasteiger partial charge in [-0.2, -0.15) is 0 Å². The molecule has 0 aliphatic carbocycles. The van der Waals surface area contributed by atoms with E-state index in [1.54, 1.807) is 17.7 Å². The van der Waals surface area contributed by atoms with Crippen LogP contribution in [0.3, 0.4) is 0 Å². The van der Waals surface area contributed by atoms with Gasteiger partial charge in [0.05, 0.1) is 12.2 Å². The molecule has 5 heteroatoms. The SMILES string of the molecule is CCNc1ncnc(OCCc2cccs2)c1C(C)C. The molecule has 2 rings (SSSR count). The maximum absolute atomic E-state index is 5.87. The van der Waals surface area contributed by atoms with Crippen molar-refractivity contribution in [1.82, 2.24) is 9.97 Å². The molecule has 0 atom stereocenters. The summed E-state index contributed by atoms with van der Waals surface area (Å²) in [5, 5.41) is 5.36. The predicted octanol–water partition coefficient (Wildman–Crippen LogP) is 3.71. The Labute approximate surface area is 124 Å². The van der Waals surface area contributed by atoms with E-state index in [-0.39, 0.29) is 0 Å². The lowest BCUT2D eigenvalue weighted by atomic mass is 10.1. The number of hydrogen-bond donors (Lipinski definition) is 1. The first kappa shape index (κ1) is 14.8. The number of anilines is 1. The van der Waals surface area contributed by atoms with Crippen LogP contribution in [-0.4, -0.2) is 23.1 Å². The highest BCUT2D eigenvalue weighted by atomic mass is 32.1. The fraction of sp³-hybridized carbons (Fsp3) is 0.467. The van der Waals surface area contributed by atoms with Gasteiger partial charge in [-0.1, -0.05) is 19.9 Å². The highest BCUT2D eigenvalue weighted by molar-refractivity contribution is 7.09. The zero-order valence-corrected chi connectivity index (χ0v) is 13.0. The average molecular weight is 291 g/mol. The van der Waals surface area contributed by atoms with Gasteiger partial charge in [0.15, 0.2) is 0 Å². The van der Waals surface area contributed by atoms with E-state index in [9.17, 15) is 0 Å². The second-order valence-electron chi connectivity index (χ2n) is 4.80. The summed E-state index contributed by atoms with van der Waals surface area (Å²) < 4.78 is 5.87. The minimum absolute atomic E-state index is 0.321. The summed E-state index contributed by atoms with van der Waals surface area (Å²) in [5.74, 6) is 1.90. The number of nitrogens with one attached hydrogen (secondary N) is 1. The van der Waals surface area contributed by atoms with E-state index in [1.165, 1.54) is 4.88 Å². The number of hydrogen-bond acceptors (Lipinski definition) is 5. The van der Waals surface area contributed by atoms with Crippen LogP contribution in [0.4, 0.5) is 5.82 Å². The fourth-order valence-electron chi connectivity index (χ4n) is 2.03. The van der Waals surface area contributed by atoms with E-state index in [0.29, 0.717) is 18.4 Å². The van der Waals surface area contributed by atoms with Crippen molar-refractivity contribution >= 4 is 17.2 Å². The van der Waals surface area contributed by atoms with Crippen molar-refractivity contribution in [2.45, 2.75) is 33.1 Å². The molecular formula is C15H21N3OS. The largest absolute Gasteiger partial charge is 0.477 e. The first-order chi connectivity index (χ1) is 9.72. The third-order valence-corrected chi connectivity index (χ3v) is 3.87. The summed E-state index contributed by atoms with van der Waals surface area (Å²) in [4.78, 5) is 9.93. The molecule has 2 aromatic rings. The molecule has 0 spiro atoms. The molecule has 0 saturated carbocycles. The van der Waals surface area contributed by atoms with Crippen molar-refractivity contribution in [2.75, 3.05) is 18.5 Å². The molecule has 0 aromatic carbocycles. The van der Waals surface area contributed by atoms with E-state index in [0.717, 1.165) is 24.3 Å². The summed E-state index contributed by atoms with van der Waals surface area (Å²) >= 11 is 1.75. The molecule has 0 fully saturated rings. The predicted molar refractivity (Wildman–Crippen MR) is 83.8 cm³/mol. The molecule has 0 unspecified atom stereocenters. The maximum Gasteiger partial charge on any atom is 0.222 e. The topological polar surface area (TPSA) is 47.0 Å². The molecule has 20 heavy (non-hydrogen) atoms.